The number of nitro groups is 1. The minimum Gasteiger partial charge on any atom is -0.388 e. The lowest BCUT2D eigenvalue weighted by Crippen LogP contribution is -2.39. The Labute approximate surface area is 115 Å². The van der Waals surface area contributed by atoms with Crippen LogP contribution in [0.15, 0.2) is 18.2 Å². The molecule has 1 aromatic carbocycles. The predicted octanol–water partition coefficient (Wildman–Crippen LogP) is 1.94. The lowest BCUT2D eigenvalue weighted by Gasteiger charge is -2.22. The molecule has 0 saturated heterocycles. The van der Waals surface area contributed by atoms with Crippen molar-refractivity contribution < 1.29 is 14.4 Å². The van der Waals surface area contributed by atoms with E-state index < -0.39 is 22.0 Å². The molecule has 0 spiro atoms. The smallest absolute Gasteiger partial charge is 0.305 e. The number of thioether (sulfide) groups is 1. The highest BCUT2D eigenvalue weighted by Crippen LogP contribution is 2.20. The van der Waals surface area contributed by atoms with Crippen LogP contribution in [0.4, 0.5) is 10.1 Å². The second kappa shape index (κ2) is 6.83. The molecule has 7 heteroatoms. The van der Waals surface area contributed by atoms with E-state index >= 15 is 0 Å². The second-order valence-electron chi connectivity index (χ2n) is 4.54. The molecule has 1 aromatic rings. The van der Waals surface area contributed by atoms with Crippen molar-refractivity contribution in [2.75, 3.05) is 18.6 Å². The number of nitro benzene ring substituents is 1. The first-order valence-electron chi connectivity index (χ1n) is 5.71. The molecule has 0 fully saturated rings. The van der Waals surface area contributed by atoms with E-state index in [1.165, 1.54) is 23.9 Å². The monoisotopic (exact) mass is 288 g/mol. The van der Waals surface area contributed by atoms with Gasteiger partial charge in [0.15, 0.2) is 0 Å². The van der Waals surface area contributed by atoms with Crippen molar-refractivity contribution in [1.29, 1.82) is 0 Å². The summed E-state index contributed by atoms with van der Waals surface area (Å²) in [5.41, 5.74) is -1.21. The number of benzene rings is 1. The van der Waals surface area contributed by atoms with Crippen LogP contribution in [-0.4, -0.2) is 34.2 Å². The molecule has 1 rings (SSSR count). The van der Waals surface area contributed by atoms with Crippen LogP contribution in [0.1, 0.15) is 12.5 Å². The highest BCUT2D eigenvalue weighted by molar-refractivity contribution is 7.98. The predicted molar refractivity (Wildman–Crippen MR) is 73.8 cm³/mol. The second-order valence-corrected chi connectivity index (χ2v) is 5.41. The Bertz CT molecular complexity index is 455. The zero-order valence-electron chi connectivity index (χ0n) is 10.9. The molecule has 106 valence electrons. The Morgan fingerprint density at radius 1 is 1.58 bits per heavy atom. The fourth-order valence-corrected chi connectivity index (χ4v) is 2.40. The van der Waals surface area contributed by atoms with Crippen LogP contribution in [0.2, 0.25) is 0 Å². The van der Waals surface area contributed by atoms with Gasteiger partial charge in [0, 0.05) is 30.5 Å². The first-order chi connectivity index (χ1) is 8.87. The summed E-state index contributed by atoms with van der Waals surface area (Å²) in [6, 6.07) is 4.06. The van der Waals surface area contributed by atoms with Gasteiger partial charge in [0.25, 0.3) is 0 Å². The molecule has 0 amide bonds. The number of hydrogen-bond donors (Lipinski definition) is 2. The molecule has 0 bridgehead atoms. The number of rotatable bonds is 7. The van der Waals surface area contributed by atoms with Crippen LogP contribution in [-0.2, 0) is 6.54 Å². The Morgan fingerprint density at radius 3 is 2.84 bits per heavy atom. The molecule has 1 unspecified atom stereocenters. The first-order valence-corrected chi connectivity index (χ1v) is 7.10. The van der Waals surface area contributed by atoms with Gasteiger partial charge in [0.2, 0.25) is 5.82 Å². The summed E-state index contributed by atoms with van der Waals surface area (Å²) in [5, 5.41) is 23.4. The third-order valence-corrected chi connectivity index (χ3v) is 3.44. The van der Waals surface area contributed by atoms with Gasteiger partial charge in [0.05, 0.1) is 10.5 Å². The summed E-state index contributed by atoms with van der Waals surface area (Å²) in [6.07, 6.45) is 1.88. The highest BCUT2D eigenvalue weighted by Gasteiger charge is 2.20. The molecule has 19 heavy (non-hydrogen) atoms. The number of hydrogen-bond acceptors (Lipinski definition) is 5. The van der Waals surface area contributed by atoms with Gasteiger partial charge in [-0.15, -0.1) is 0 Å². The van der Waals surface area contributed by atoms with Gasteiger partial charge in [-0.05, 0) is 13.2 Å². The van der Waals surface area contributed by atoms with Gasteiger partial charge in [-0.1, -0.05) is 12.1 Å². The van der Waals surface area contributed by atoms with Crippen LogP contribution in [0, 0.1) is 15.9 Å². The maximum atomic E-state index is 13.7. The lowest BCUT2D eigenvalue weighted by atomic mass is 10.1. The molecule has 0 saturated carbocycles. The standard InChI is InChI=1S/C12H17FN2O3S/c1-12(16,8-19-2)7-14-6-9-4-3-5-10(11(9)13)15(17)18/h3-5,14,16H,6-8H2,1-2H3. The molecular formula is C12H17FN2O3S. The SMILES string of the molecule is CSCC(C)(O)CNCc1cccc([N+](=O)[O-])c1F. The largest absolute Gasteiger partial charge is 0.388 e. The molecule has 2 N–H and O–H groups in total. The van der Waals surface area contributed by atoms with Crippen molar-refractivity contribution in [3.63, 3.8) is 0 Å². The molecule has 0 heterocycles. The van der Waals surface area contributed by atoms with E-state index in [9.17, 15) is 19.6 Å². The molecule has 0 aliphatic carbocycles. The van der Waals surface area contributed by atoms with Crippen LogP contribution in [0.3, 0.4) is 0 Å². The minimum absolute atomic E-state index is 0.137. The van der Waals surface area contributed by atoms with Gasteiger partial charge in [0.1, 0.15) is 0 Å². The van der Waals surface area contributed by atoms with E-state index in [1.807, 2.05) is 6.26 Å². The average Bonchev–Trinajstić information content (AvgIpc) is 2.30. The van der Waals surface area contributed by atoms with E-state index in [-0.39, 0.29) is 18.7 Å². The zero-order valence-corrected chi connectivity index (χ0v) is 11.7. The molecule has 0 aliphatic heterocycles. The zero-order chi connectivity index (χ0) is 14.5. The van der Waals surface area contributed by atoms with Crippen molar-refractivity contribution in [3.8, 4) is 0 Å². The van der Waals surface area contributed by atoms with Gasteiger partial charge in [-0.25, -0.2) is 0 Å². The summed E-state index contributed by atoms with van der Waals surface area (Å²) < 4.78 is 13.7. The van der Waals surface area contributed by atoms with E-state index in [2.05, 4.69) is 5.32 Å². The maximum absolute atomic E-state index is 13.7. The molecule has 1 atom stereocenters. The first kappa shape index (κ1) is 15.9. The maximum Gasteiger partial charge on any atom is 0.305 e. The highest BCUT2D eigenvalue weighted by atomic mass is 32.2. The summed E-state index contributed by atoms with van der Waals surface area (Å²) in [7, 11) is 0. The van der Waals surface area contributed by atoms with Crippen LogP contribution in [0.25, 0.3) is 0 Å². The number of nitrogens with one attached hydrogen (secondary N) is 1. The minimum atomic E-state index is -0.892. The van der Waals surface area contributed by atoms with Gasteiger partial charge in [-0.2, -0.15) is 16.2 Å². The van der Waals surface area contributed by atoms with Crippen molar-refractivity contribution in [2.24, 2.45) is 0 Å². The third kappa shape index (κ3) is 4.77. The molecule has 0 aliphatic rings. The Morgan fingerprint density at radius 2 is 2.26 bits per heavy atom. The van der Waals surface area contributed by atoms with Crippen LogP contribution >= 0.6 is 11.8 Å². The third-order valence-electron chi connectivity index (χ3n) is 2.53. The van der Waals surface area contributed by atoms with E-state index in [4.69, 9.17) is 0 Å². The summed E-state index contributed by atoms with van der Waals surface area (Å²) in [4.78, 5) is 9.85. The Balaban J connectivity index is 2.64. The fraction of sp³-hybridized carbons (Fsp3) is 0.500. The van der Waals surface area contributed by atoms with Crippen molar-refractivity contribution >= 4 is 17.4 Å². The topological polar surface area (TPSA) is 75.4 Å². The van der Waals surface area contributed by atoms with Gasteiger partial charge < -0.3 is 10.4 Å². The Kier molecular flexibility index (Phi) is 5.71. The summed E-state index contributed by atoms with van der Waals surface area (Å²) in [6.45, 7) is 2.11. The number of aliphatic hydroxyl groups is 1. The molecule has 5 nitrogen and oxygen atoms in total. The molecular weight excluding hydrogens is 271 g/mol. The lowest BCUT2D eigenvalue weighted by molar-refractivity contribution is -0.387. The number of nitrogens with zero attached hydrogens (tertiary/aromatic N) is 1. The average molecular weight is 288 g/mol. The van der Waals surface area contributed by atoms with E-state index in [0.717, 1.165) is 6.07 Å². The van der Waals surface area contributed by atoms with E-state index in [0.29, 0.717) is 5.75 Å². The fourth-order valence-electron chi connectivity index (χ4n) is 1.67. The van der Waals surface area contributed by atoms with Gasteiger partial charge >= 0.3 is 5.69 Å². The number of halogens is 1. The Hall–Kier alpha value is -1.18. The quantitative estimate of drug-likeness (QED) is 0.592. The molecule has 0 radical (unpaired) electrons. The summed E-state index contributed by atoms with van der Waals surface area (Å²) in [5.74, 6) is -0.276. The van der Waals surface area contributed by atoms with Crippen molar-refractivity contribution in [3.05, 3.63) is 39.7 Å². The van der Waals surface area contributed by atoms with Crippen molar-refractivity contribution in [2.45, 2.75) is 19.1 Å². The normalized spacial score (nSPS) is 14.1. The van der Waals surface area contributed by atoms with Crippen LogP contribution in [0.5, 0.6) is 0 Å². The molecule has 0 aromatic heterocycles. The van der Waals surface area contributed by atoms with E-state index in [1.54, 1.807) is 6.92 Å². The van der Waals surface area contributed by atoms with Crippen LogP contribution < -0.4 is 5.32 Å². The van der Waals surface area contributed by atoms with Gasteiger partial charge in [-0.3, -0.25) is 10.1 Å². The summed E-state index contributed by atoms with van der Waals surface area (Å²) >= 11 is 1.51. The van der Waals surface area contributed by atoms with Crippen molar-refractivity contribution in [1.82, 2.24) is 5.32 Å².